The molecule has 0 aliphatic heterocycles. The van der Waals surface area contributed by atoms with E-state index in [4.69, 9.17) is 4.74 Å². The molecule has 1 aromatic carbocycles. The van der Waals surface area contributed by atoms with Crippen LogP contribution in [0.4, 0.5) is 0 Å². The van der Waals surface area contributed by atoms with Gasteiger partial charge < -0.3 is 4.74 Å². The van der Waals surface area contributed by atoms with E-state index < -0.39 is 0 Å². The van der Waals surface area contributed by atoms with Gasteiger partial charge in [-0.1, -0.05) is 44.4 Å². The highest BCUT2D eigenvalue weighted by atomic mass is 16.5. The Bertz CT molecular complexity index is 291. The fourth-order valence-electron chi connectivity index (χ4n) is 1.64. The lowest BCUT2D eigenvalue weighted by atomic mass is 10.1. The van der Waals surface area contributed by atoms with E-state index in [1.165, 1.54) is 24.0 Å². The van der Waals surface area contributed by atoms with Crippen molar-refractivity contribution in [2.24, 2.45) is 0 Å². The highest BCUT2D eigenvalue weighted by molar-refractivity contribution is 5.36. The molecule has 0 bridgehead atoms. The first-order valence-electron chi connectivity index (χ1n) is 6.00. The average molecular weight is 206 g/mol. The second kappa shape index (κ2) is 6.49. The van der Waals surface area contributed by atoms with Crippen LogP contribution in [0.2, 0.25) is 0 Å². The molecule has 1 rings (SSSR count). The van der Waals surface area contributed by atoms with E-state index >= 15 is 0 Å². The van der Waals surface area contributed by atoms with Crippen molar-refractivity contribution in [3.63, 3.8) is 0 Å². The predicted molar refractivity (Wildman–Crippen MR) is 65.6 cm³/mol. The maximum atomic E-state index is 5.79. The first-order chi connectivity index (χ1) is 7.27. The van der Waals surface area contributed by atoms with Crippen LogP contribution in [0.15, 0.2) is 18.2 Å². The fraction of sp³-hybridized carbons (Fsp3) is 0.571. The van der Waals surface area contributed by atoms with Crippen molar-refractivity contribution in [1.82, 2.24) is 0 Å². The standard InChI is InChI=1S/C14H22O/c1-4-6-10-15-14-9-8-12(3)11-13(14)7-5-2/h8-9,11H,4-7,10H2,1-3H3. The van der Waals surface area contributed by atoms with Crippen LogP contribution in [0.3, 0.4) is 0 Å². The summed E-state index contributed by atoms with van der Waals surface area (Å²) in [4.78, 5) is 0. The summed E-state index contributed by atoms with van der Waals surface area (Å²) in [7, 11) is 0. The average Bonchev–Trinajstić information content (AvgIpc) is 2.22. The molecule has 0 N–H and O–H groups in total. The smallest absolute Gasteiger partial charge is 0.122 e. The Morgan fingerprint density at radius 1 is 1.13 bits per heavy atom. The summed E-state index contributed by atoms with van der Waals surface area (Å²) < 4.78 is 5.79. The molecule has 0 heterocycles. The molecule has 0 aliphatic carbocycles. The van der Waals surface area contributed by atoms with Crippen molar-refractivity contribution in [3.8, 4) is 5.75 Å². The van der Waals surface area contributed by atoms with E-state index in [9.17, 15) is 0 Å². The minimum absolute atomic E-state index is 0.844. The predicted octanol–water partition coefficient (Wildman–Crippen LogP) is 4.13. The van der Waals surface area contributed by atoms with Gasteiger partial charge in [-0.2, -0.15) is 0 Å². The van der Waals surface area contributed by atoms with Crippen LogP contribution < -0.4 is 4.74 Å². The Balaban J connectivity index is 2.67. The van der Waals surface area contributed by atoms with Crippen molar-refractivity contribution >= 4 is 0 Å². The van der Waals surface area contributed by atoms with Gasteiger partial charge in [-0.05, 0) is 31.4 Å². The van der Waals surface area contributed by atoms with E-state index in [0.717, 1.165) is 25.2 Å². The third-order valence-corrected chi connectivity index (χ3v) is 2.49. The lowest BCUT2D eigenvalue weighted by molar-refractivity contribution is 0.306. The second-order valence-electron chi connectivity index (χ2n) is 4.06. The summed E-state index contributed by atoms with van der Waals surface area (Å²) in [5, 5.41) is 0. The lowest BCUT2D eigenvalue weighted by Gasteiger charge is -2.11. The Labute approximate surface area is 93.5 Å². The van der Waals surface area contributed by atoms with Crippen LogP contribution in [-0.2, 0) is 6.42 Å². The number of hydrogen-bond acceptors (Lipinski definition) is 1. The van der Waals surface area contributed by atoms with Crippen LogP contribution in [0.5, 0.6) is 5.75 Å². The molecule has 1 nitrogen and oxygen atoms in total. The third kappa shape index (κ3) is 3.94. The van der Waals surface area contributed by atoms with Gasteiger partial charge in [-0.15, -0.1) is 0 Å². The number of benzene rings is 1. The Kier molecular flexibility index (Phi) is 5.23. The Morgan fingerprint density at radius 3 is 2.60 bits per heavy atom. The van der Waals surface area contributed by atoms with Gasteiger partial charge in [0.05, 0.1) is 6.61 Å². The van der Waals surface area contributed by atoms with Gasteiger partial charge in [0.2, 0.25) is 0 Å². The van der Waals surface area contributed by atoms with Crippen molar-refractivity contribution in [2.45, 2.75) is 46.5 Å². The van der Waals surface area contributed by atoms with E-state index in [1.54, 1.807) is 0 Å². The normalized spacial score (nSPS) is 10.3. The summed E-state index contributed by atoms with van der Waals surface area (Å²) in [6.45, 7) is 7.37. The quantitative estimate of drug-likeness (QED) is 0.636. The van der Waals surface area contributed by atoms with Crippen molar-refractivity contribution in [1.29, 1.82) is 0 Å². The summed E-state index contributed by atoms with van der Waals surface area (Å²) in [5.74, 6) is 1.08. The Morgan fingerprint density at radius 2 is 1.93 bits per heavy atom. The van der Waals surface area contributed by atoms with Gasteiger partial charge in [-0.3, -0.25) is 0 Å². The molecule has 0 aliphatic rings. The molecule has 84 valence electrons. The summed E-state index contributed by atoms with van der Waals surface area (Å²) in [5.41, 5.74) is 2.68. The van der Waals surface area contributed by atoms with Crippen molar-refractivity contribution in [3.05, 3.63) is 29.3 Å². The molecule has 0 aromatic heterocycles. The molecule has 0 saturated carbocycles. The van der Waals surface area contributed by atoms with Crippen LogP contribution in [0.25, 0.3) is 0 Å². The third-order valence-electron chi connectivity index (χ3n) is 2.49. The number of rotatable bonds is 6. The monoisotopic (exact) mass is 206 g/mol. The van der Waals surface area contributed by atoms with Crippen molar-refractivity contribution < 1.29 is 4.74 Å². The largest absolute Gasteiger partial charge is 0.493 e. The molecule has 0 saturated heterocycles. The number of hydrogen-bond donors (Lipinski definition) is 0. The van der Waals surface area contributed by atoms with E-state index in [2.05, 4.69) is 39.0 Å². The molecule has 1 aromatic rings. The van der Waals surface area contributed by atoms with Gasteiger partial charge in [0.1, 0.15) is 5.75 Å². The number of aryl methyl sites for hydroxylation is 2. The van der Waals surface area contributed by atoms with Crippen LogP contribution >= 0.6 is 0 Å². The Hall–Kier alpha value is -0.980. The molecule has 0 fully saturated rings. The van der Waals surface area contributed by atoms with E-state index in [0.29, 0.717) is 0 Å². The SMILES string of the molecule is CCCCOc1ccc(C)cc1CCC. The molecule has 15 heavy (non-hydrogen) atoms. The fourth-order valence-corrected chi connectivity index (χ4v) is 1.64. The van der Waals surface area contributed by atoms with Gasteiger partial charge in [-0.25, -0.2) is 0 Å². The number of ether oxygens (including phenoxy) is 1. The molecule has 0 amide bonds. The van der Waals surface area contributed by atoms with Gasteiger partial charge >= 0.3 is 0 Å². The van der Waals surface area contributed by atoms with Crippen LogP contribution in [-0.4, -0.2) is 6.61 Å². The highest BCUT2D eigenvalue weighted by Gasteiger charge is 2.02. The maximum Gasteiger partial charge on any atom is 0.122 e. The number of unbranched alkanes of at least 4 members (excludes halogenated alkanes) is 1. The van der Waals surface area contributed by atoms with Crippen molar-refractivity contribution in [2.75, 3.05) is 6.61 Å². The molecule has 1 heteroatoms. The highest BCUT2D eigenvalue weighted by Crippen LogP contribution is 2.21. The molecular weight excluding hydrogens is 184 g/mol. The van der Waals surface area contributed by atoms with Gasteiger partial charge in [0, 0.05) is 0 Å². The minimum atomic E-state index is 0.844. The second-order valence-corrected chi connectivity index (χ2v) is 4.06. The van der Waals surface area contributed by atoms with E-state index in [-0.39, 0.29) is 0 Å². The van der Waals surface area contributed by atoms with Gasteiger partial charge in [0.15, 0.2) is 0 Å². The summed E-state index contributed by atoms with van der Waals surface area (Å²) in [6.07, 6.45) is 4.62. The maximum absolute atomic E-state index is 5.79. The molecule has 0 atom stereocenters. The minimum Gasteiger partial charge on any atom is -0.493 e. The zero-order valence-electron chi connectivity index (χ0n) is 10.2. The topological polar surface area (TPSA) is 9.23 Å². The van der Waals surface area contributed by atoms with Crippen LogP contribution in [0.1, 0.15) is 44.2 Å². The van der Waals surface area contributed by atoms with Crippen LogP contribution in [0, 0.1) is 6.92 Å². The lowest BCUT2D eigenvalue weighted by Crippen LogP contribution is -2.00. The summed E-state index contributed by atoms with van der Waals surface area (Å²) in [6, 6.07) is 6.47. The summed E-state index contributed by atoms with van der Waals surface area (Å²) >= 11 is 0. The first-order valence-corrected chi connectivity index (χ1v) is 6.00. The molecule has 0 spiro atoms. The zero-order chi connectivity index (χ0) is 11.1. The molecule has 0 radical (unpaired) electrons. The van der Waals surface area contributed by atoms with Gasteiger partial charge in [0.25, 0.3) is 0 Å². The molecular formula is C14H22O. The van der Waals surface area contributed by atoms with E-state index in [1.807, 2.05) is 0 Å². The zero-order valence-corrected chi connectivity index (χ0v) is 10.2. The first kappa shape index (κ1) is 12.1. The molecule has 0 unspecified atom stereocenters.